The van der Waals surface area contributed by atoms with Gasteiger partial charge in [0.25, 0.3) is 0 Å². The lowest BCUT2D eigenvalue weighted by Crippen LogP contribution is -2.39. The van der Waals surface area contributed by atoms with Crippen molar-refractivity contribution in [3.8, 4) is 0 Å². The van der Waals surface area contributed by atoms with Crippen molar-refractivity contribution in [1.29, 1.82) is 0 Å². The molecule has 1 spiro atoms. The van der Waals surface area contributed by atoms with E-state index in [0.29, 0.717) is 0 Å². The fourth-order valence-corrected chi connectivity index (χ4v) is 3.69. The van der Waals surface area contributed by atoms with Crippen LogP contribution >= 0.6 is 0 Å². The zero-order valence-corrected chi connectivity index (χ0v) is 11.4. The molecule has 2 aliphatic rings. The van der Waals surface area contributed by atoms with E-state index in [9.17, 15) is 9.18 Å². The molecule has 4 heteroatoms. The summed E-state index contributed by atoms with van der Waals surface area (Å²) in [6.07, 6.45) is 0.719. The average Bonchev–Trinajstić information content (AvgIpc) is 3.04. The first-order chi connectivity index (χ1) is 10.2. The van der Waals surface area contributed by atoms with Crippen molar-refractivity contribution in [2.75, 3.05) is 11.9 Å². The molecule has 21 heavy (non-hydrogen) atoms. The first-order valence-electron chi connectivity index (χ1n) is 7.11. The molecule has 1 saturated heterocycles. The predicted molar refractivity (Wildman–Crippen MR) is 78.5 cm³/mol. The molecule has 2 aromatic carbocycles. The second-order valence-electron chi connectivity index (χ2n) is 5.66. The molecule has 2 N–H and O–H groups in total. The van der Waals surface area contributed by atoms with Gasteiger partial charge in [-0.25, -0.2) is 4.39 Å². The lowest BCUT2D eigenvalue weighted by atomic mass is 9.73. The molecule has 106 valence electrons. The molecule has 2 heterocycles. The first-order valence-corrected chi connectivity index (χ1v) is 7.11. The minimum absolute atomic E-state index is 0.00274. The highest BCUT2D eigenvalue weighted by Crippen LogP contribution is 2.50. The van der Waals surface area contributed by atoms with Gasteiger partial charge in [0.1, 0.15) is 5.82 Å². The summed E-state index contributed by atoms with van der Waals surface area (Å²) in [4.78, 5) is 12.7. The predicted octanol–water partition coefficient (Wildman–Crippen LogP) is 2.75. The van der Waals surface area contributed by atoms with Gasteiger partial charge in [0.15, 0.2) is 0 Å². The van der Waals surface area contributed by atoms with Gasteiger partial charge < -0.3 is 10.6 Å². The van der Waals surface area contributed by atoms with Crippen molar-refractivity contribution < 1.29 is 9.18 Å². The fourth-order valence-electron chi connectivity index (χ4n) is 3.69. The van der Waals surface area contributed by atoms with Crippen LogP contribution in [0.25, 0.3) is 0 Å². The second-order valence-corrected chi connectivity index (χ2v) is 5.66. The highest BCUT2D eigenvalue weighted by molar-refractivity contribution is 6.07. The zero-order valence-electron chi connectivity index (χ0n) is 11.4. The highest BCUT2D eigenvalue weighted by Gasteiger charge is 2.55. The number of para-hydroxylation sites is 1. The molecule has 0 radical (unpaired) electrons. The minimum atomic E-state index is -0.635. The standard InChI is InChI=1S/C17H15FN2O/c18-12-5-3-4-11(10-12)15-17(8-9-19-15)13-6-1-2-7-14(13)20-16(17)21/h1-7,10,15,19H,8-9H2,(H,20,21). The Morgan fingerprint density at radius 3 is 2.86 bits per heavy atom. The summed E-state index contributed by atoms with van der Waals surface area (Å²) in [6.45, 7) is 0.739. The zero-order chi connectivity index (χ0) is 14.4. The van der Waals surface area contributed by atoms with Crippen LogP contribution in [0.4, 0.5) is 10.1 Å². The molecule has 2 aromatic rings. The summed E-state index contributed by atoms with van der Waals surface area (Å²) < 4.78 is 13.6. The molecule has 0 bridgehead atoms. The van der Waals surface area contributed by atoms with Crippen LogP contribution in [0.5, 0.6) is 0 Å². The summed E-state index contributed by atoms with van der Waals surface area (Å²) >= 11 is 0. The maximum Gasteiger partial charge on any atom is 0.237 e. The van der Waals surface area contributed by atoms with Crippen LogP contribution in [0.2, 0.25) is 0 Å². The van der Waals surface area contributed by atoms with Crippen LogP contribution in [0, 0.1) is 5.82 Å². The van der Waals surface area contributed by atoms with E-state index < -0.39 is 5.41 Å². The normalized spacial score (nSPS) is 26.9. The number of benzene rings is 2. The number of amides is 1. The number of nitrogens with one attached hydrogen (secondary N) is 2. The topological polar surface area (TPSA) is 41.1 Å². The van der Waals surface area contributed by atoms with Crippen molar-refractivity contribution in [3.63, 3.8) is 0 Å². The van der Waals surface area contributed by atoms with Gasteiger partial charge in [-0.3, -0.25) is 4.79 Å². The van der Waals surface area contributed by atoms with E-state index in [2.05, 4.69) is 10.6 Å². The van der Waals surface area contributed by atoms with Gasteiger partial charge in [-0.1, -0.05) is 30.3 Å². The summed E-state index contributed by atoms with van der Waals surface area (Å²) in [5.74, 6) is -0.272. The lowest BCUT2D eigenvalue weighted by Gasteiger charge is -2.29. The van der Waals surface area contributed by atoms with Crippen molar-refractivity contribution in [2.24, 2.45) is 0 Å². The third-order valence-electron chi connectivity index (χ3n) is 4.60. The van der Waals surface area contributed by atoms with Gasteiger partial charge in [-0.05, 0) is 42.3 Å². The van der Waals surface area contributed by atoms with Gasteiger partial charge in [0.05, 0.1) is 11.5 Å². The van der Waals surface area contributed by atoms with Crippen molar-refractivity contribution in [2.45, 2.75) is 17.9 Å². The van der Waals surface area contributed by atoms with Crippen LogP contribution in [0.15, 0.2) is 48.5 Å². The Labute approximate surface area is 122 Å². The summed E-state index contributed by atoms with van der Waals surface area (Å²) in [6, 6.07) is 14.1. The molecule has 0 saturated carbocycles. The Hall–Kier alpha value is -2.20. The summed E-state index contributed by atoms with van der Waals surface area (Å²) in [5, 5.41) is 6.35. The molecule has 1 fully saturated rings. The largest absolute Gasteiger partial charge is 0.325 e. The van der Waals surface area contributed by atoms with E-state index in [4.69, 9.17) is 0 Å². The monoisotopic (exact) mass is 282 g/mol. The maximum absolute atomic E-state index is 13.6. The Balaban J connectivity index is 1.89. The molecular formula is C17H15FN2O. The minimum Gasteiger partial charge on any atom is -0.325 e. The fraction of sp³-hybridized carbons (Fsp3) is 0.235. The quantitative estimate of drug-likeness (QED) is 0.844. The van der Waals surface area contributed by atoms with Crippen LogP contribution in [0.3, 0.4) is 0 Å². The Morgan fingerprint density at radius 2 is 2.00 bits per heavy atom. The van der Waals surface area contributed by atoms with E-state index in [1.807, 2.05) is 30.3 Å². The van der Waals surface area contributed by atoms with Gasteiger partial charge in [-0.15, -0.1) is 0 Å². The molecule has 4 rings (SSSR count). The third kappa shape index (κ3) is 1.66. The number of carbonyl (C=O) groups excluding carboxylic acids is 1. The van der Waals surface area contributed by atoms with Crippen LogP contribution in [-0.4, -0.2) is 12.5 Å². The van der Waals surface area contributed by atoms with E-state index in [1.165, 1.54) is 12.1 Å². The van der Waals surface area contributed by atoms with E-state index in [0.717, 1.165) is 29.8 Å². The number of hydrogen-bond donors (Lipinski definition) is 2. The van der Waals surface area contributed by atoms with Gasteiger partial charge in [0, 0.05) is 5.69 Å². The van der Waals surface area contributed by atoms with Gasteiger partial charge in [0.2, 0.25) is 5.91 Å². The van der Waals surface area contributed by atoms with Crippen LogP contribution in [-0.2, 0) is 10.2 Å². The summed E-state index contributed by atoms with van der Waals surface area (Å²) in [5.41, 5.74) is 2.06. The van der Waals surface area contributed by atoms with Gasteiger partial charge >= 0.3 is 0 Å². The Morgan fingerprint density at radius 1 is 1.14 bits per heavy atom. The molecule has 1 amide bonds. The number of anilines is 1. The molecular weight excluding hydrogens is 267 g/mol. The Kier molecular flexibility index (Phi) is 2.62. The van der Waals surface area contributed by atoms with E-state index >= 15 is 0 Å². The highest BCUT2D eigenvalue weighted by atomic mass is 19.1. The lowest BCUT2D eigenvalue weighted by molar-refractivity contribution is -0.121. The summed E-state index contributed by atoms with van der Waals surface area (Å²) in [7, 11) is 0. The molecule has 2 aliphatic heterocycles. The smallest absolute Gasteiger partial charge is 0.237 e. The van der Waals surface area contributed by atoms with Crippen molar-refractivity contribution >= 4 is 11.6 Å². The van der Waals surface area contributed by atoms with Gasteiger partial charge in [-0.2, -0.15) is 0 Å². The van der Waals surface area contributed by atoms with Crippen LogP contribution in [0.1, 0.15) is 23.6 Å². The maximum atomic E-state index is 13.6. The number of rotatable bonds is 1. The molecule has 3 nitrogen and oxygen atoms in total. The molecule has 2 atom stereocenters. The third-order valence-corrected chi connectivity index (χ3v) is 4.60. The average molecular weight is 282 g/mol. The second kappa shape index (κ2) is 4.40. The van der Waals surface area contributed by atoms with Crippen molar-refractivity contribution in [1.82, 2.24) is 5.32 Å². The number of halogens is 1. The van der Waals surface area contributed by atoms with E-state index in [1.54, 1.807) is 6.07 Å². The SMILES string of the molecule is O=C1Nc2ccccc2C12CCNC2c1cccc(F)c1. The number of fused-ring (bicyclic) bond motifs is 2. The van der Waals surface area contributed by atoms with Crippen molar-refractivity contribution in [3.05, 3.63) is 65.5 Å². The Bertz CT molecular complexity index is 730. The van der Waals surface area contributed by atoms with E-state index in [-0.39, 0.29) is 17.8 Å². The van der Waals surface area contributed by atoms with Crippen LogP contribution < -0.4 is 10.6 Å². The first kappa shape index (κ1) is 12.5. The molecule has 0 aliphatic carbocycles. The number of hydrogen-bond acceptors (Lipinski definition) is 2. The molecule has 0 aromatic heterocycles. The number of carbonyl (C=O) groups is 1. The molecule has 2 unspecified atom stereocenters.